The fraction of sp³-hybridized carbons (Fsp3) is 0.286. The van der Waals surface area contributed by atoms with Crippen molar-refractivity contribution in [2.45, 2.75) is 13.3 Å². The molecule has 0 saturated carbocycles. The van der Waals surface area contributed by atoms with E-state index >= 15 is 0 Å². The molecule has 0 bridgehead atoms. The van der Waals surface area contributed by atoms with Gasteiger partial charge in [-0.1, -0.05) is 6.07 Å². The van der Waals surface area contributed by atoms with E-state index in [0.717, 1.165) is 5.56 Å². The van der Waals surface area contributed by atoms with Gasteiger partial charge in [-0.05, 0) is 64.7 Å². The van der Waals surface area contributed by atoms with Crippen LogP contribution in [0.5, 0.6) is 23.0 Å². The molecule has 0 aliphatic heterocycles. The van der Waals surface area contributed by atoms with E-state index in [-0.39, 0.29) is 18.0 Å². The first kappa shape index (κ1) is 24.0. The highest BCUT2D eigenvalue weighted by molar-refractivity contribution is 9.10. The standard InChI is InChI=1S/C21H24BrN3O6/c1-4-31-18-11-14(9-15(22)19(18)26)12-24-25-21(28)20(27)23-8-7-13-5-6-16(29-2)17(10-13)30-3/h5-6,9-12,26H,4,7-8H2,1-3H3,(H,23,27)(H,25,28)/b24-12-. The van der Waals surface area contributed by atoms with E-state index in [1.54, 1.807) is 39.3 Å². The maximum atomic E-state index is 11.9. The van der Waals surface area contributed by atoms with Gasteiger partial charge in [0.25, 0.3) is 0 Å². The molecule has 2 aromatic carbocycles. The average molecular weight is 494 g/mol. The quantitative estimate of drug-likeness (QED) is 0.280. The van der Waals surface area contributed by atoms with Gasteiger partial charge in [-0.2, -0.15) is 5.10 Å². The second kappa shape index (κ2) is 11.8. The minimum absolute atomic E-state index is 0.0307. The number of nitrogens with one attached hydrogen (secondary N) is 2. The van der Waals surface area contributed by atoms with E-state index in [2.05, 4.69) is 31.8 Å². The summed E-state index contributed by atoms with van der Waals surface area (Å²) in [6, 6.07) is 8.58. The Morgan fingerprint density at radius 2 is 1.84 bits per heavy atom. The van der Waals surface area contributed by atoms with Crippen LogP contribution < -0.4 is 25.0 Å². The summed E-state index contributed by atoms with van der Waals surface area (Å²) in [7, 11) is 3.10. The van der Waals surface area contributed by atoms with Crippen LogP contribution in [0, 0.1) is 0 Å². The Kier molecular flexibility index (Phi) is 9.13. The summed E-state index contributed by atoms with van der Waals surface area (Å²) >= 11 is 3.22. The lowest BCUT2D eigenvalue weighted by atomic mass is 10.1. The highest BCUT2D eigenvalue weighted by atomic mass is 79.9. The van der Waals surface area contributed by atoms with Gasteiger partial charge in [-0.3, -0.25) is 9.59 Å². The summed E-state index contributed by atoms with van der Waals surface area (Å²) in [5.74, 6) is -0.256. The van der Waals surface area contributed by atoms with Crippen molar-refractivity contribution in [2.24, 2.45) is 5.10 Å². The molecule has 0 aromatic heterocycles. The molecule has 9 nitrogen and oxygen atoms in total. The van der Waals surface area contributed by atoms with Gasteiger partial charge in [0.2, 0.25) is 0 Å². The largest absolute Gasteiger partial charge is 0.503 e. The summed E-state index contributed by atoms with van der Waals surface area (Å²) in [5, 5.41) is 16.2. The van der Waals surface area contributed by atoms with E-state index in [0.29, 0.717) is 34.6 Å². The third kappa shape index (κ3) is 6.88. The molecular formula is C21H24BrN3O6. The third-order valence-electron chi connectivity index (χ3n) is 4.08. The number of ether oxygens (including phenoxy) is 3. The van der Waals surface area contributed by atoms with Crippen LogP contribution in [0.4, 0.5) is 0 Å². The van der Waals surface area contributed by atoms with Crippen molar-refractivity contribution < 1.29 is 28.9 Å². The number of rotatable bonds is 9. The predicted octanol–water partition coefficient (Wildman–Crippen LogP) is 2.38. The molecule has 0 radical (unpaired) electrons. The van der Waals surface area contributed by atoms with Gasteiger partial charge < -0.3 is 24.6 Å². The molecule has 0 saturated heterocycles. The van der Waals surface area contributed by atoms with Gasteiger partial charge in [0, 0.05) is 6.54 Å². The van der Waals surface area contributed by atoms with Gasteiger partial charge in [-0.25, -0.2) is 5.43 Å². The molecule has 166 valence electrons. The highest BCUT2D eigenvalue weighted by Gasteiger charge is 2.13. The lowest BCUT2D eigenvalue weighted by Crippen LogP contribution is -2.38. The van der Waals surface area contributed by atoms with E-state index in [9.17, 15) is 14.7 Å². The van der Waals surface area contributed by atoms with E-state index in [4.69, 9.17) is 14.2 Å². The van der Waals surface area contributed by atoms with Gasteiger partial charge in [0.05, 0.1) is 31.5 Å². The predicted molar refractivity (Wildman–Crippen MR) is 119 cm³/mol. The molecule has 2 aromatic rings. The first-order chi connectivity index (χ1) is 14.9. The number of methoxy groups -OCH3 is 2. The van der Waals surface area contributed by atoms with Gasteiger partial charge in [-0.15, -0.1) is 0 Å². The SMILES string of the molecule is CCOc1cc(/C=N\NC(=O)C(=O)NCCc2ccc(OC)c(OC)c2)cc(Br)c1O. The van der Waals surface area contributed by atoms with Gasteiger partial charge in [0.1, 0.15) is 0 Å². The second-order valence-electron chi connectivity index (χ2n) is 6.18. The minimum atomic E-state index is -0.897. The lowest BCUT2D eigenvalue weighted by Gasteiger charge is -2.10. The van der Waals surface area contributed by atoms with Crippen LogP contribution in [0.2, 0.25) is 0 Å². The molecule has 0 aliphatic carbocycles. The number of phenolic OH excluding ortho intramolecular Hbond substituents is 1. The molecule has 0 heterocycles. The van der Waals surface area contributed by atoms with E-state index in [1.165, 1.54) is 6.21 Å². The number of carbonyl (C=O) groups excluding carboxylic acids is 2. The molecule has 3 N–H and O–H groups in total. The van der Waals surface area contributed by atoms with E-state index in [1.807, 2.05) is 12.1 Å². The molecule has 2 rings (SSSR count). The summed E-state index contributed by atoms with van der Waals surface area (Å²) < 4.78 is 16.2. The number of halogens is 1. The number of carbonyl (C=O) groups is 2. The summed E-state index contributed by atoms with van der Waals surface area (Å²) in [6.45, 7) is 2.42. The zero-order valence-electron chi connectivity index (χ0n) is 17.4. The third-order valence-corrected chi connectivity index (χ3v) is 4.69. The maximum Gasteiger partial charge on any atom is 0.329 e. The Balaban J connectivity index is 1.86. The van der Waals surface area contributed by atoms with Crippen LogP contribution in [0.25, 0.3) is 0 Å². The number of hydrogen-bond donors (Lipinski definition) is 3. The molecule has 0 atom stereocenters. The van der Waals surface area contributed by atoms with Crippen molar-refractivity contribution in [3.8, 4) is 23.0 Å². The lowest BCUT2D eigenvalue weighted by molar-refractivity contribution is -0.139. The van der Waals surface area contributed by atoms with Crippen LogP contribution in [-0.4, -0.2) is 50.5 Å². The molecule has 31 heavy (non-hydrogen) atoms. The second-order valence-corrected chi connectivity index (χ2v) is 7.03. The number of benzene rings is 2. The minimum Gasteiger partial charge on any atom is -0.503 e. The first-order valence-electron chi connectivity index (χ1n) is 9.37. The van der Waals surface area contributed by atoms with Crippen molar-refractivity contribution in [3.05, 3.63) is 45.9 Å². The molecule has 0 fully saturated rings. The van der Waals surface area contributed by atoms with Gasteiger partial charge >= 0.3 is 11.8 Å². The van der Waals surface area contributed by atoms with Crippen LogP contribution in [0.3, 0.4) is 0 Å². The monoisotopic (exact) mass is 493 g/mol. The molecule has 10 heteroatoms. The summed E-state index contributed by atoms with van der Waals surface area (Å²) in [6.07, 6.45) is 1.84. The van der Waals surface area contributed by atoms with E-state index < -0.39 is 11.8 Å². The summed E-state index contributed by atoms with van der Waals surface area (Å²) in [5.41, 5.74) is 3.64. The molecular weight excluding hydrogens is 470 g/mol. The van der Waals surface area contributed by atoms with Crippen LogP contribution >= 0.6 is 15.9 Å². The Morgan fingerprint density at radius 1 is 1.10 bits per heavy atom. The zero-order valence-corrected chi connectivity index (χ0v) is 19.0. The zero-order chi connectivity index (χ0) is 22.8. The molecule has 2 amide bonds. The Bertz CT molecular complexity index is 964. The van der Waals surface area contributed by atoms with Crippen molar-refractivity contribution in [1.29, 1.82) is 0 Å². The van der Waals surface area contributed by atoms with Crippen molar-refractivity contribution in [3.63, 3.8) is 0 Å². The maximum absolute atomic E-state index is 11.9. The Labute approximate surface area is 188 Å². The topological polar surface area (TPSA) is 118 Å². The number of amides is 2. The average Bonchev–Trinajstić information content (AvgIpc) is 2.76. The molecule has 0 unspecified atom stereocenters. The fourth-order valence-corrected chi connectivity index (χ4v) is 3.05. The smallest absolute Gasteiger partial charge is 0.329 e. The van der Waals surface area contributed by atoms with Crippen molar-refractivity contribution in [2.75, 3.05) is 27.4 Å². The number of aromatic hydroxyl groups is 1. The van der Waals surface area contributed by atoms with Gasteiger partial charge in [0.15, 0.2) is 23.0 Å². The Morgan fingerprint density at radius 3 is 2.52 bits per heavy atom. The van der Waals surface area contributed by atoms with Crippen LogP contribution in [0.15, 0.2) is 39.9 Å². The molecule has 0 aliphatic rings. The normalized spacial score (nSPS) is 10.6. The molecule has 0 spiro atoms. The first-order valence-corrected chi connectivity index (χ1v) is 10.2. The highest BCUT2D eigenvalue weighted by Crippen LogP contribution is 2.35. The number of nitrogens with zero attached hydrogens (tertiary/aromatic N) is 1. The van der Waals surface area contributed by atoms with Crippen molar-refractivity contribution >= 4 is 34.0 Å². The number of hydrogen-bond acceptors (Lipinski definition) is 7. The van der Waals surface area contributed by atoms with Crippen LogP contribution in [-0.2, 0) is 16.0 Å². The number of hydrazone groups is 1. The number of phenols is 1. The van der Waals surface area contributed by atoms with Crippen LogP contribution in [0.1, 0.15) is 18.1 Å². The fourth-order valence-electron chi connectivity index (χ4n) is 2.59. The van der Waals surface area contributed by atoms with Crippen molar-refractivity contribution in [1.82, 2.24) is 10.7 Å². The summed E-state index contributed by atoms with van der Waals surface area (Å²) in [4.78, 5) is 23.8. The Hall–Kier alpha value is -3.27.